The Labute approximate surface area is 238 Å². The van der Waals surface area contributed by atoms with Gasteiger partial charge in [0.25, 0.3) is 6.43 Å². The van der Waals surface area contributed by atoms with Crippen LogP contribution in [-0.2, 0) is 10.2 Å². The second-order valence-electron chi connectivity index (χ2n) is 10.7. The number of aryl methyl sites for hydroxylation is 1. The van der Waals surface area contributed by atoms with Crippen molar-refractivity contribution in [1.82, 2.24) is 19.2 Å². The molecule has 0 radical (unpaired) electrons. The van der Waals surface area contributed by atoms with Crippen LogP contribution in [0.15, 0.2) is 42.7 Å². The Balaban J connectivity index is 1.18. The Kier molecular flexibility index (Phi) is 7.22. The van der Waals surface area contributed by atoms with Gasteiger partial charge in [0.2, 0.25) is 0 Å². The van der Waals surface area contributed by atoms with Crippen molar-refractivity contribution in [1.29, 1.82) is 0 Å². The molecule has 3 heterocycles. The molecule has 0 bridgehead atoms. The summed E-state index contributed by atoms with van der Waals surface area (Å²) in [5.41, 5.74) is 0.264. The van der Waals surface area contributed by atoms with Gasteiger partial charge in [-0.25, -0.2) is 27.7 Å². The van der Waals surface area contributed by atoms with Crippen LogP contribution < -0.4 is 10.1 Å². The summed E-state index contributed by atoms with van der Waals surface area (Å²) in [6.45, 7) is 2.78. The van der Waals surface area contributed by atoms with E-state index in [1.807, 2.05) is 6.07 Å². The lowest BCUT2D eigenvalue weighted by Crippen LogP contribution is -2.56. The number of rotatable bonds is 7. The van der Waals surface area contributed by atoms with Gasteiger partial charge in [-0.1, -0.05) is 12.1 Å². The molecule has 1 N–H and O–H groups in total. The zero-order chi connectivity index (χ0) is 28.7. The van der Waals surface area contributed by atoms with Gasteiger partial charge in [0, 0.05) is 18.7 Å². The van der Waals surface area contributed by atoms with Gasteiger partial charge in [-0.15, -0.1) is 0 Å². The summed E-state index contributed by atoms with van der Waals surface area (Å²) in [5.74, 6) is -0.131. The van der Waals surface area contributed by atoms with Crippen molar-refractivity contribution in [2.75, 3.05) is 31.5 Å². The number of hydrogen-bond donors (Lipinski definition) is 1. The smallest absolute Gasteiger partial charge is 0.410 e. The molecule has 2 saturated heterocycles. The third kappa shape index (κ3) is 5.54. The van der Waals surface area contributed by atoms with E-state index in [1.54, 1.807) is 17.9 Å². The molecule has 1 saturated carbocycles. The first kappa shape index (κ1) is 27.3. The van der Waals surface area contributed by atoms with Crippen LogP contribution in [0.5, 0.6) is 5.75 Å². The van der Waals surface area contributed by atoms with Gasteiger partial charge in [0.1, 0.15) is 35.1 Å². The van der Waals surface area contributed by atoms with Gasteiger partial charge in [0.15, 0.2) is 0 Å². The lowest BCUT2D eigenvalue weighted by atomic mass is 9.80. The van der Waals surface area contributed by atoms with Gasteiger partial charge in [0.05, 0.1) is 24.2 Å². The molecule has 3 amide bonds. The number of ether oxygens (including phenoxy) is 2. The number of urea groups is 1. The molecule has 9 nitrogen and oxygen atoms in total. The number of hydrogen-bond acceptors (Lipinski definition) is 7. The second-order valence-corrected chi connectivity index (χ2v) is 11.5. The first-order valence-corrected chi connectivity index (χ1v) is 14.1. The van der Waals surface area contributed by atoms with Crippen molar-refractivity contribution in [2.45, 2.75) is 50.2 Å². The second kappa shape index (κ2) is 10.8. The highest BCUT2D eigenvalue weighted by molar-refractivity contribution is 7.05. The van der Waals surface area contributed by atoms with E-state index in [0.29, 0.717) is 42.2 Å². The lowest BCUT2D eigenvalue weighted by molar-refractivity contribution is 0.00891. The molecule has 13 heteroatoms. The van der Waals surface area contributed by atoms with Crippen LogP contribution in [0.1, 0.15) is 47.4 Å². The van der Waals surface area contributed by atoms with Crippen molar-refractivity contribution in [3.05, 3.63) is 70.2 Å². The van der Waals surface area contributed by atoms with Crippen molar-refractivity contribution in [3.8, 4) is 5.75 Å². The summed E-state index contributed by atoms with van der Waals surface area (Å²) in [5, 5.41) is 3.40. The maximum atomic E-state index is 14.6. The number of nitrogens with zero attached hydrogens (tertiary/aromatic N) is 4. The third-order valence-electron chi connectivity index (χ3n) is 7.74. The summed E-state index contributed by atoms with van der Waals surface area (Å²) in [6.07, 6.45) is 0.143. The molecule has 1 aromatic heterocycles. The Bertz CT molecular complexity index is 1450. The van der Waals surface area contributed by atoms with E-state index >= 15 is 0 Å². The molecule has 2 aromatic carbocycles. The molecule has 1 atom stereocenters. The molecule has 1 aliphatic carbocycles. The molecule has 216 valence electrons. The minimum atomic E-state index is -2.75. The first-order valence-electron chi connectivity index (χ1n) is 13.4. The third-order valence-corrected chi connectivity index (χ3v) is 8.61. The van der Waals surface area contributed by atoms with E-state index < -0.39 is 24.0 Å². The fourth-order valence-corrected chi connectivity index (χ4v) is 5.86. The fraction of sp³-hybridized carbons (Fsp3) is 0.429. The number of benzene rings is 2. The first-order chi connectivity index (χ1) is 19.7. The zero-order valence-corrected chi connectivity index (χ0v) is 23.0. The number of carbonyl (C=O) groups excluding carboxylic acids is 2. The number of aromatic nitrogens is 2. The monoisotopic (exact) mass is 587 g/mol. The van der Waals surface area contributed by atoms with E-state index in [2.05, 4.69) is 14.7 Å². The van der Waals surface area contributed by atoms with Crippen molar-refractivity contribution in [3.63, 3.8) is 0 Å². The minimum absolute atomic E-state index is 0.00705. The van der Waals surface area contributed by atoms with E-state index in [1.165, 1.54) is 47.0 Å². The highest BCUT2D eigenvalue weighted by Crippen LogP contribution is 2.42. The van der Waals surface area contributed by atoms with Crippen LogP contribution in [0.25, 0.3) is 0 Å². The van der Waals surface area contributed by atoms with E-state index in [-0.39, 0.29) is 41.6 Å². The van der Waals surface area contributed by atoms with Crippen LogP contribution in [0.4, 0.5) is 28.4 Å². The van der Waals surface area contributed by atoms with Gasteiger partial charge in [-0.05, 0) is 73.1 Å². The lowest BCUT2D eigenvalue weighted by Gasteiger charge is -2.38. The summed E-state index contributed by atoms with van der Waals surface area (Å²) >= 11 is 1.19. The molecular weight excluding hydrogens is 559 g/mol. The minimum Gasteiger partial charge on any atom is -0.485 e. The van der Waals surface area contributed by atoms with Crippen molar-refractivity contribution < 1.29 is 32.2 Å². The molecule has 41 heavy (non-hydrogen) atoms. The number of likely N-dealkylation sites (tertiary alicyclic amines) is 2. The van der Waals surface area contributed by atoms with Gasteiger partial charge < -0.3 is 24.6 Å². The van der Waals surface area contributed by atoms with Crippen molar-refractivity contribution >= 4 is 29.3 Å². The maximum absolute atomic E-state index is 14.6. The zero-order valence-electron chi connectivity index (χ0n) is 22.2. The number of halogens is 3. The van der Waals surface area contributed by atoms with E-state index in [4.69, 9.17) is 9.47 Å². The fourth-order valence-electron chi connectivity index (χ4n) is 5.11. The standard InChI is InChI=1S/C28H28F3N5O4S/c1-16-2-4-18(11-21(16)29)28(25-32-15-33-41-25)8-9-35(14-28)26(37)34-22-10-17(24(30)31)3-7-23(22)39-20-12-36(13-20)27(38)40-19-5-6-19/h2-4,7,10-11,15,19-20,24H,5-6,8-9,12-14H2,1H3,(H,34,37). The predicted octanol–water partition coefficient (Wildman–Crippen LogP) is 5.51. The van der Waals surface area contributed by atoms with Crippen LogP contribution in [0.2, 0.25) is 0 Å². The van der Waals surface area contributed by atoms with Crippen LogP contribution in [0, 0.1) is 12.7 Å². The van der Waals surface area contributed by atoms with Gasteiger partial charge in [-0.3, -0.25) is 0 Å². The predicted molar refractivity (Wildman–Crippen MR) is 144 cm³/mol. The molecule has 3 aliphatic rings. The molecule has 6 rings (SSSR count). The summed E-state index contributed by atoms with van der Waals surface area (Å²) in [7, 11) is 0. The quantitative estimate of drug-likeness (QED) is 0.392. The molecule has 3 aromatic rings. The number of alkyl halides is 2. The Morgan fingerprint density at radius 3 is 2.61 bits per heavy atom. The highest BCUT2D eigenvalue weighted by Gasteiger charge is 2.46. The van der Waals surface area contributed by atoms with Gasteiger partial charge >= 0.3 is 12.1 Å². The largest absolute Gasteiger partial charge is 0.485 e. The summed E-state index contributed by atoms with van der Waals surface area (Å²) in [6, 6.07) is 8.33. The maximum Gasteiger partial charge on any atom is 0.410 e. The average molecular weight is 588 g/mol. The number of anilines is 1. The van der Waals surface area contributed by atoms with Gasteiger partial charge in [-0.2, -0.15) is 4.37 Å². The summed E-state index contributed by atoms with van der Waals surface area (Å²) < 4.78 is 57.1. The van der Waals surface area contributed by atoms with Crippen LogP contribution in [0.3, 0.4) is 0 Å². The topological polar surface area (TPSA) is 96.9 Å². The van der Waals surface area contributed by atoms with Crippen molar-refractivity contribution in [2.24, 2.45) is 0 Å². The molecule has 2 aliphatic heterocycles. The highest BCUT2D eigenvalue weighted by atomic mass is 32.1. The number of amides is 3. The number of carbonyl (C=O) groups is 2. The normalized spacial score (nSPS) is 20.7. The molecular formula is C28H28F3N5O4S. The molecule has 3 fully saturated rings. The number of nitrogens with one attached hydrogen (secondary N) is 1. The van der Waals surface area contributed by atoms with Crippen LogP contribution in [-0.4, -0.2) is 69.7 Å². The van der Waals surface area contributed by atoms with E-state index in [9.17, 15) is 22.8 Å². The molecule has 1 unspecified atom stereocenters. The summed E-state index contributed by atoms with van der Waals surface area (Å²) in [4.78, 5) is 33.0. The Morgan fingerprint density at radius 1 is 1.12 bits per heavy atom. The average Bonchev–Trinajstić information content (AvgIpc) is 3.37. The Morgan fingerprint density at radius 2 is 1.93 bits per heavy atom. The SMILES string of the molecule is Cc1ccc(C2(c3ncns3)CCN(C(=O)Nc3cc(C(F)F)ccc3OC3CN(C(=O)OC4CC4)C3)C2)cc1F. The van der Waals surface area contributed by atoms with Crippen LogP contribution >= 0.6 is 11.5 Å². The van der Waals surface area contributed by atoms with E-state index in [0.717, 1.165) is 12.8 Å². The Hall–Kier alpha value is -3.87. The molecule has 0 spiro atoms.